The van der Waals surface area contributed by atoms with Crippen molar-refractivity contribution >= 4 is 23.3 Å². The molecular formula is C12H19ClN4O2. The van der Waals surface area contributed by atoms with Crippen LogP contribution in [-0.2, 0) is 16.1 Å². The average molecular weight is 287 g/mol. The molecule has 0 unspecified atom stereocenters. The number of hydrogen-bond acceptors (Lipinski definition) is 5. The number of anilines is 1. The zero-order valence-electron chi connectivity index (χ0n) is 11.1. The van der Waals surface area contributed by atoms with E-state index in [1.807, 2.05) is 11.9 Å². The van der Waals surface area contributed by atoms with Gasteiger partial charge in [0.1, 0.15) is 5.82 Å². The van der Waals surface area contributed by atoms with E-state index in [-0.39, 0.29) is 12.5 Å². The Labute approximate surface area is 117 Å². The Balaban J connectivity index is 2.44. The number of pyridine rings is 1. The number of amides is 1. The van der Waals surface area contributed by atoms with Gasteiger partial charge in [-0.15, -0.1) is 0 Å². The SMILES string of the molecule is COCCNC(=O)CN(C)Cc1nc(N)ccc1Cl. The van der Waals surface area contributed by atoms with Gasteiger partial charge in [0.15, 0.2) is 0 Å². The molecule has 0 aliphatic carbocycles. The molecule has 0 aromatic carbocycles. The van der Waals surface area contributed by atoms with Crippen molar-refractivity contribution in [2.24, 2.45) is 0 Å². The van der Waals surface area contributed by atoms with Crippen LogP contribution in [0, 0.1) is 0 Å². The van der Waals surface area contributed by atoms with Gasteiger partial charge in [-0.1, -0.05) is 11.6 Å². The van der Waals surface area contributed by atoms with Crippen LogP contribution < -0.4 is 11.1 Å². The predicted molar refractivity (Wildman–Crippen MR) is 74.9 cm³/mol. The van der Waals surface area contributed by atoms with Crippen molar-refractivity contribution < 1.29 is 9.53 Å². The smallest absolute Gasteiger partial charge is 0.234 e. The Morgan fingerprint density at radius 2 is 2.32 bits per heavy atom. The normalized spacial score (nSPS) is 10.7. The number of nitrogens with zero attached hydrogens (tertiary/aromatic N) is 2. The Hall–Kier alpha value is -1.37. The quantitative estimate of drug-likeness (QED) is 0.714. The minimum absolute atomic E-state index is 0.0698. The minimum Gasteiger partial charge on any atom is -0.384 e. The summed E-state index contributed by atoms with van der Waals surface area (Å²) in [5.41, 5.74) is 6.27. The van der Waals surface area contributed by atoms with E-state index < -0.39 is 0 Å². The summed E-state index contributed by atoms with van der Waals surface area (Å²) in [6, 6.07) is 3.34. The standard InChI is InChI=1S/C12H19ClN4O2/c1-17(8-12(18)15-5-6-19-2)7-10-9(13)3-4-11(14)16-10/h3-4H,5-8H2,1-2H3,(H2,14,16)(H,15,18). The number of methoxy groups -OCH3 is 1. The third-order valence-corrected chi connectivity index (χ3v) is 2.75. The number of halogens is 1. The number of nitrogen functional groups attached to an aromatic ring is 1. The van der Waals surface area contributed by atoms with E-state index in [0.29, 0.717) is 36.2 Å². The van der Waals surface area contributed by atoms with Gasteiger partial charge in [0.05, 0.1) is 23.9 Å². The lowest BCUT2D eigenvalue weighted by Gasteiger charge is -2.16. The maximum absolute atomic E-state index is 11.6. The third-order valence-electron chi connectivity index (χ3n) is 2.40. The first-order valence-corrected chi connectivity index (χ1v) is 6.25. The van der Waals surface area contributed by atoms with Crippen LogP contribution in [0.4, 0.5) is 5.82 Å². The molecule has 0 saturated carbocycles. The first kappa shape index (κ1) is 15.7. The molecule has 1 amide bonds. The second-order valence-electron chi connectivity index (χ2n) is 4.18. The highest BCUT2D eigenvalue weighted by Crippen LogP contribution is 2.16. The van der Waals surface area contributed by atoms with Crippen LogP contribution in [0.25, 0.3) is 0 Å². The molecule has 0 fully saturated rings. The molecule has 6 nitrogen and oxygen atoms in total. The van der Waals surface area contributed by atoms with Gasteiger partial charge in [-0.05, 0) is 19.2 Å². The highest BCUT2D eigenvalue weighted by atomic mass is 35.5. The molecule has 1 aromatic heterocycles. The first-order chi connectivity index (χ1) is 9.02. The zero-order valence-corrected chi connectivity index (χ0v) is 11.9. The second kappa shape index (κ2) is 7.93. The van der Waals surface area contributed by atoms with E-state index in [2.05, 4.69) is 10.3 Å². The summed E-state index contributed by atoms with van der Waals surface area (Å²) < 4.78 is 4.85. The Kier molecular flexibility index (Phi) is 6.55. The molecule has 0 spiro atoms. The van der Waals surface area contributed by atoms with Gasteiger partial charge in [0.25, 0.3) is 0 Å². The molecule has 0 atom stereocenters. The summed E-state index contributed by atoms with van der Waals surface area (Å²) in [4.78, 5) is 17.5. The summed E-state index contributed by atoms with van der Waals surface area (Å²) in [7, 11) is 3.41. The summed E-state index contributed by atoms with van der Waals surface area (Å²) in [5.74, 6) is 0.344. The van der Waals surface area contributed by atoms with Crippen LogP contribution in [0.3, 0.4) is 0 Å². The summed E-state index contributed by atoms with van der Waals surface area (Å²) in [6.07, 6.45) is 0. The molecule has 1 aromatic rings. The van der Waals surface area contributed by atoms with Crippen LogP contribution in [0.1, 0.15) is 5.69 Å². The Bertz CT molecular complexity index is 428. The Morgan fingerprint density at radius 3 is 3.00 bits per heavy atom. The lowest BCUT2D eigenvalue weighted by molar-refractivity contribution is -0.122. The summed E-state index contributed by atoms with van der Waals surface area (Å²) in [6.45, 7) is 1.72. The molecule has 19 heavy (non-hydrogen) atoms. The largest absolute Gasteiger partial charge is 0.384 e. The zero-order chi connectivity index (χ0) is 14.3. The number of hydrogen-bond donors (Lipinski definition) is 2. The molecule has 106 valence electrons. The molecule has 1 rings (SSSR count). The number of likely N-dealkylation sites (N-methyl/N-ethyl adjacent to an activating group) is 1. The van der Waals surface area contributed by atoms with Crippen molar-refractivity contribution in [3.05, 3.63) is 22.8 Å². The van der Waals surface area contributed by atoms with E-state index in [1.165, 1.54) is 0 Å². The number of carbonyl (C=O) groups excluding carboxylic acids is 1. The van der Waals surface area contributed by atoms with E-state index in [4.69, 9.17) is 22.1 Å². The number of nitrogens with one attached hydrogen (secondary N) is 1. The van der Waals surface area contributed by atoms with Crippen molar-refractivity contribution in [3.63, 3.8) is 0 Å². The van der Waals surface area contributed by atoms with Crippen LogP contribution in [0.2, 0.25) is 5.02 Å². The highest BCUT2D eigenvalue weighted by molar-refractivity contribution is 6.31. The fourth-order valence-corrected chi connectivity index (χ4v) is 1.68. The van der Waals surface area contributed by atoms with Gasteiger partial charge in [-0.3, -0.25) is 9.69 Å². The average Bonchev–Trinajstić information content (AvgIpc) is 2.34. The topological polar surface area (TPSA) is 80.5 Å². The van der Waals surface area contributed by atoms with Gasteiger partial charge in [0, 0.05) is 20.2 Å². The number of aromatic nitrogens is 1. The van der Waals surface area contributed by atoms with Crippen molar-refractivity contribution in [2.45, 2.75) is 6.54 Å². The van der Waals surface area contributed by atoms with Crippen molar-refractivity contribution in [2.75, 3.05) is 39.6 Å². The van der Waals surface area contributed by atoms with Gasteiger partial charge in [-0.2, -0.15) is 0 Å². The van der Waals surface area contributed by atoms with Crippen LogP contribution in [-0.4, -0.2) is 49.6 Å². The first-order valence-electron chi connectivity index (χ1n) is 5.88. The van der Waals surface area contributed by atoms with Crippen molar-refractivity contribution in [3.8, 4) is 0 Å². The van der Waals surface area contributed by atoms with Crippen LogP contribution in [0.5, 0.6) is 0 Å². The Morgan fingerprint density at radius 1 is 1.58 bits per heavy atom. The molecule has 3 N–H and O–H groups in total. The highest BCUT2D eigenvalue weighted by Gasteiger charge is 2.10. The molecule has 0 saturated heterocycles. The third kappa shape index (κ3) is 5.87. The molecule has 1 heterocycles. The fraction of sp³-hybridized carbons (Fsp3) is 0.500. The van der Waals surface area contributed by atoms with Gasteiger partial charge in [0.2, 0.25) is 5.91 Å². The maximum atomic E-state index is 11.6. The predicted octanol–water partition coefficient (Wildman–Crippen LogP) is 0.512. The maximum Gasteiger partial charge on any atom is 0.234 e. The van der Waals surface area contributed by atoms with Crippen molar-refractivity contribution in [1.82, 2.24) is 15.2 Å². The lowest BCUT2D eigenvalue weighted by Crippen LogP contribution is -2.36. The van der Waals surface area contributed by atoms with Gasteiger partial charge in [-0.25, -0.2) is 4.98 Å². The lowest BCUT2D eigenvalue weighted by atomic mass is 10.3. The van der Waals surface area contributed by atoms with Crippen LogP contribution in [0.15, 0.2) is 12.1 Å². The summed E-state index contributed by atoms with van der Waals surface area (Å²) in [5, 5.41) is 3.29. The number of ether oxygens (including phenoxy) is 1. The molecule has 0 aliphatic heterocycles. The fourth-order valence-electron chi connectivity index (χ4n) is 1.52. The monoisotopic (exact) mass is 286 g/mol. The van der Waals surface area contributed by atoms with Crippen LogP contribution >= 0.6 is 11.6 Å². The molecule has 0 radical (unpaired) electrons. The molecular weight excluding hydrogens is 268 g/mol. The molecule has 0 aliphatic rings. The second-order valence-corrected chi connectivity index (χ2v) is 4.59. The van der Waals surface area contributed by atoms with E-state index in [1.54, 1.807) is 19.2 Å². The van der Waals surface area contributed by atoms with Crippen molar-refractivity contribution in [1.29, 1.82) is 0 Å². The number of nitrogens with two attached hydrogens (primary N) is 1. The van der Waals surface area contributed by atoms with Gasteiger partial charge < -0.3 is 15.8 Å². The minimum atomic E-state index is -0.0698. The van der Waals surface area contributed by atoms with E-state index >= 15 is 0 Å². The van der Waals surface area contributed by atoms with E-state index in [0.717, 1.165) is 0 Å². The number of rotatable bonds is 7. The van der Waals surface area contributed by atoms with E-state index in [9.17, 15) is 4.79 Å². The number of carbonyl (C=O) groups is 1. The molecule has 0 bridgehead atoms. The van der Waals surface area contributed by atoms with Gasteiger partial charge >= 0.3 is 0 Å². The molecule has 7 heteroatoms. The summed E-state index contributed by atoms with van der Waals surface area (Å²) >= 11 is 6.02.